The van der Waals surface area contributed by atoms with Crippen molar-refractivity contribution in [3.05, 3.63) is 84.2 Å². The molecule has 1 aromatic heterocycles. The van der Waals surface area contributed by atoms with E-state index in [1.807, 2.05) is 73.8 Å². The van der Waals surface area contributed by atoms with E-state index in [9.17, 15) is 9.90 Å². The summed E-state index contributed by atoms with van der Waals surface area (Å²) >= 11 is 0. The van der Waals surface area contributed by atoms with Gasteiger partial charge in [-0.05, 0) is 60.2 Å². The van der Waals surface area contributed by atoms with Crippen LogP contribution in [0.15, 0.2) is 73.1 Å². The van der Waals surface area contributed by atoms with Crippen molar-refractivity contribution in [2.75, 3.05) is 14.1 Å². The molecule has 2 aromatic carbocycles. The van der Waals surface area contributed by atoms with Gasteiger partial charge in [0.05, 0.1) is 12.5 Å². The summed E-state index contributed by atoms with van der Waals surface area (Å²) in [5.74, 6) is 0.799. The number of aliphatic hydroxyl groups is 1. The lowest BCUT2D eigenvalue weighted by molar-refractivity contribution is -0.127. The summed E-state index contributed by atoms with van der Waals surface area (Å²) in [7, 11) is 3.53. The summed E-state index contributed by atoms with van der Waals surface area (Å²) < 4.78 is 5.94. The van der Waals surface area contributed by atoms with Crippen LogP contribution in [-0.2, 0) is 17.6 Å². The highest BCUT2D eigenvalue weighted by Crippen LogP contribution is 2.24. The van der Waals surface area contributed by atoms with Crippen molar-refractivity contribution in [3.63, 3.8) is 0 Å². The Hall–Kier alpha value is -3.18. The first kappa shape index (κ1) is 22.5. The SMILES string of the molecule is C[C@H](Oc1ccc(-c2cccc(CC(=O)N(C)C)c2)cc1)C(O)CCc1cccnc1. The molecule has 31 heavy (non-hydrogen) atoms. The number of aryl methyl sites for hydroxylation is 1. The predicted octanol–water partition coefficient (Wildman–Crippen LogP) is 4.14. The molecule has 3 aromatic rings. The maximum absolute atomic E-state index is 12.0. The highest BCUT2D eigenvalue weighted by Gasteiger charge is 2.16. The predicted molar refractivity (Wildman–Crippen MR) is 123 cm³/mol. The highest BCUT2D eigenvalue weighted by molar-refractivity contribution is 5.79. The molecule has 1 heterocycles. The van der Waals surface area contributed by atoms with Crippen LogP contribution in [0.4, 0.5) is 0 Å². The fourth-order valence-corrected chi connectivity index (χ4v) is 3.31. The lowest BCUT2D eigenvalue weighted by Gasteiger charge is -2.20. The van der Waals surface area contributed by atoms with E-state index < -0.39 is 6.10 Å². The first-order valence-electron chi connectivity index (χ1n) is 10.6. The van der Waals surface area contributed by atoms with E-state index in [0.29, 0.717) is 12.8 Å². The molecule has 5 nitrogen and oxygen atoms in total. The Morgan fingerprint density at radius 2 is 1.77 bits per heavy atom. The van der Waals surface area contributed by atoms with E-state index in [1.54, 1.807) is 25.2 Å². The molecule has 0 spiro atoms. The molecule has 0 radical (unpaired) electrons. The van der Waals surface area contributed by atoms with E-state index in [1.165, 1.54) is 0 Å². The third-order valence-electron chi connectivity index (χ3n) is 5.28. The van der Waals surface area contributed by atoms with Gasteiger partial charge in [0.2, 0.25) is 5.91 Å². The quantitative estimate of drug-likeness (QED) is 0.567. The summed E-state index contributed by atoms with van der Waals surface area (Å²) in [6.45, 7) is 1.88. The average Bonchev–Trinajstić information content (AvgIpc) is 2.78. The first-order valence-corrected chi connectivity index (χ1v) is 10.6. The van der Waals surface area contributed by atoms with Gasteiger partial charge in [0.25, 0.3) is 0 Å². The minimum absolute atomic E-state index is 0.0805. The summed E-state index contributed by atoms with van der Waals surface area (Å²) in [5, 5.41) is 10.4. The number of ether oxygens (including phenoxy) is 1. The van der Waals surface area contributed by atoms with Crippen LogP contribution in [0.1, 0.15) is 24.5 Å². The fourth-order valence-electron chi connectivity index (χ4n) is 3.31. The maximum Gasteiger partial charge on any atom is 0.226 e. The molecule has 0 saturated carbocycles. The molecule has 1 amide bonds. The van der Waals surface area contributed by atoms with Gasteiger partial charge in [-0.15, -0.1) is 0 Å². The molecule has 0 saturated heterocycles. The van der Waals surface area contributed by atoms with Gasteiger partial charge < -0.3 is 14.7 Å². The van der Waals surface area contributed by atoms with Crippen LogP contribution in [-0.4, -0.2) is 47.2 Å². The molecule has 162 valence electrons. The minimum atomic E-state index is -0.564. The Morgan fingerprint density at radius 3 is 2.45 bits per heavy atom. The van der Waals surface area contributed by atoms with Crippen LogP contribution in [0.2, 0.25) is 0 Å². The number of likely N-dealkylation sites (N-methyl/N-ethyl adjacent to an activating group) is 1. The van der Waals surface area contributed by atoms with Crippen molar-refractivity contribution in [2.24, 2.45) is 0 Å². The number of carbonyl (C=O) groups is 1. The molecular formula is C26H30N2O3. The van der Waals surface area contributed by atoms with Crippen molar-refractivity contribution >= 4 is 5.91 Å². The molecule has 0 aliphatic carbocycles. The fraction of sp³-hybridized carbons (Fsp3) is 0.308. The number of hydrogen-bond donors (Lipinski definition) is 1. The average molecular weight is 419 g/mol. The number of aliphatic hydroxyl groups excluding tert-OH is 1. The monoisotopic (exact) mass is 418 g/mol. The molecule has 1 N–H and O–H groups in total. The van der Waals surface area contributed by atoms with Gasteiger partial charge in [0.15, 0.2) is 0 Å². The number of benzene rings is 2. The maximum atomic E-state index is 12.0. The Morgan fingerprint density at radius 1 is 1.03 bits per heavy atom. The third kappa shape index (κ3) is 6.66. The molecule has 5 heteroatoms. The van der Waals surface area contributed by atoms with E-state index in [4.69, 9.17) is 4.74 Å². The highest BCUT2D eigenvalue weighted by atomic mass is 16.5. The smallest absolute Gasteiger partial charge is 0.226 e. The van der Waals surface area contributed by atoms with E-state index in [0.717, 1.165) is 34.4 Å². The largest absolute Gasteiger partial charge is 0.488 e. The van der Waals surface area contributed by atoms with Crippen molar-refractivity contribution in [2.45, 2.75) is 38.4 Å². The number of nitrogens with zero attached hydrogens (tertiary/aromatic N) is 2. The van der Waals surface area contributed by atoms with Gasteiger partial charge >= 0.3 is 0 Å². The number of hydrogen-bond acceptors (Lipinski definition) is 4. The van der Waals surface area contributed by atoms with Crippen molar-refractivity contribution < 1.29 is 14.6 Å². The number of pyridine rings is 1. The summed E-state index contributed by atoms with van der Waals surface area (Å²) in [4.78, 5) is 17.7. The molecular weight excluding hydrogens is 388 g/mol. The standard InChI is InChI=1S/C26H30N2O3/c1-19(25(29)14-9-20-7-5-15-27-18-20)31-24-12-10-22(11-13-24)23-8-4-6-21(16-23)17-26(30)28(2)3/h4-8,10-13,15-16,18-19,25,29H,9,14,17H2,1-3H3/t19-,25?/m0/s1. The minimum Gasteiger partial charge on any atom is -0.488 e. The zero-order chi connectivity index (χ0) is 22.2. The first-order chi connectivity index (χ1) is 14.9. The Labute approximate surface area is 184 Å². The van der Waals surface area contributed by atoms with Crippen molar-refractivity contribution in [1.29, 1.82) is 0 Å². The zero-order valence-electron chi connectivity index (χ0n) is 18.4. The lowest BCUT2D eigenvalue weighted by atomic mass is 10.0. The second kappa shape index (κ2) is 10.7. The van der Waals surface area contributed by atoms with E-state index >= 15 is 0 Å². The van der Waals surface area contributed by atoms with Crippen LogP contribution in [0.5, 0.6) is 5.75 Å². The van der Waals surface area contributed by atoms with Crippen LogP contribution in [0.25, 0.3) is 11.1 Å². The summed E-state index contributed by atoms with van der Waals surface area (Å²) in [5.41, 5.74) is 4.20. The van der Waals surface area contributed by atoms with Gasteiger partial charge in [0.1, 0.15) is 11.9 Å². The second-order valence-electron chi connectivity index (χ2n) is 7.98. The normalized spacial score (nSPS) is 12.8. The number of amides is 1. The lowest BCUT2D eigenvalue weighted by Crippen LogP contribution is -2.29. The molecule has 3 rings (SSSR count). The van der Waals surface area contributed by atoms with Crippen LogP contribution in [0.3, 0.4) is 0 Å². The topological polar surface area (TPSA) is 62.7 Å². The molecule has 0 aliphatic heterocycles. The van der Waals surface area contributed by atoms with Crippen molar-refractivity contribution in [3.8, 4) is 16.9 Å². The van der Waals surface area contributed by atoms with E-state index in [2.05, 4.69) is 4.98 Å². The molecule has 0 aliphatic rings. The van der Waals surface area contributed by atoms with Crippen LogP contribution < -0.4 is 4.74 Å². The van der Waals surface area contributed by atoms with E-state index in [-0.39, 0.29) is 12.0 Å². The molecule has 0 bridgehead atoms. The Kier molecular flexibility index (Phi) is 7.79. The van der Waals surface area contributed by atoms with Gasteiger partial charge in [-0.3, -0.25) is 9.78 Å². The molecule has 0 fully saturated rings. The summed E-state index contributed by atoms with van der Waals surface area (Å²) in [6.07, 6.45) is 4.44. The van der Waals surface area contributed by atoms with Crippen molar-refractivity contribution in [1.82, 2.24) is 9.88 Å². The van der Waals surface area contributed by atoms with Gasteiger partial charge in [-0.1, -0.05) is 42.5 Å². The van der Waals surface area contributed by atoms with Gasteiger partial charge in [-0.2, -0.15) is 0 Å². The van der Waals surface area contributed by atoms with Gasteiger partial charge in [-0.25, -0.2) is 0 Å². The number of carbonyl (C=O) groups excluding carboxylic acids is 1. The second-order valence-corrected chi connectivity index (χ2v) is 7.98. The number of rotatable bonds is 9. The molecule has 2 atom stereocenters. The Bertz CT molecular complexity index is 971. The summed E-state index contributed by atoms with van der Waals surface area (Å²) in [6, 6.07) is 19.7. The zero-order valence-corrected chi connectivity index (χ0v) is 18.4. The molecule has 1 unspecified atom stereocenters. The third-order valence-corrected chi connectivity index (χ3v) is 5.28. The number of aromatic nitrogens is 1. The van der Waals surface area contributed by atoms with Gasteiger partial charge in [0, 0.05) is 26.5 Å². The van der Waals surface area contributed by atoms with Crippen LogP contribution in [0, 0.1) is 0 Å². The van der Waals surface area contributed by atoms with Crippen LogP contribution >= 0.6 is 0 Å². The Balaban J connectivity index is 1.58.